The number of hydrazine groups is 1. The molecule has 0 bridgehead atoms. The van der Waals surface area contributed by atoms with Gasteiger partial charge in [0.2, 0.25) is 0 Å². The fraction of sp³-hybridized carbons (Fsp3) is 0.750. The van der Waals surface area contributed by atoms with E-state index in [1.54, 1.807) is 11.3 Å². The highest BCUT2D eigenvalue weighted by Gasteiger charge is 2.18. The molecule has 2 rings (SSSR count). The van der Waals surface area contributed by atoms with E-state index in [9.17, 15) is 0 Å². The molecular formula is C12H21N3OS. The van der Waals surface area contributed by atoms with E-state index in [4.69, 9.17) is 10.6 Å². The third kappa shape index (κ3) is 4.03. The Morgan fingerprint density at radius 2 is 2.59 bits per heavy atom. The fourth-order valence-corrected chi connectivity index (χ4v) is 2.88. The minimum Gasteiger partial charge on any atom is -0.378 e. The van der Waals surface area contributed by atoms with Gasteiger partial charge in [0.15, 0.2) is 0 Å². The zero-order valence-electron chi connectivity index (χ0n) is 10.3. The number of hydrogen-bond acceptors (Lipinski definition) is 5. The second-order valence-corrected chi connectivity index (χ2v) is 5.70. The standard InChI is InChI=1S/C12H21N3OS/c1-9-14-11(8-17-9)7-10(15-13)4-5-12-3-2-6-16-12/h8,10,12,15H,2-7,13H2,1H3. The Labute approximate surface area is 107 Å². The summed E-state index contributed by atoms with van der Waals surface area (Å²) >= 11 is 1.70. The van der Waals surface area contributed by atoms with E-state index >= 15 is 0 Å². The molecule has 2 atom stereocenters. The van der Waals surface area contributed by atoms with Crippen molar-refractivity contribution in [1.29, 1.82) is 0 Å². The Balaban J connectivity index is 1.75. The summed E-state index contributed by atoms with van der Waals surface area (Å²) in [5, 5.41) is 3.24. The summed E-state index contributed by atoms with van der Waals surface area (Å²) in [5.41, 5.74) is 4.03. The molecule has 1 aliphatic heterocycles. The molecule has 2 heterocycles. The van der Waals surface area contributed by atoms with E-state index in [0.717, 1.165) is 36.6 Å². The van der Waals surface area contributed by atoms with Gasteiger partial charge in [-0.05, 0) is 32.6 Å². The van der Waals surface area contributed by atoms with Crippen LogP contribution in [0.25, 0.3) is 0 Å². The minimum absolute atomic E-state index is 0.306. The first kappa shape index (κ1) is 13.0. The Morgan fingerprint density at radius 3 is 3.18 bits per heavy atom. The largest absolute Gasteiger partial charge is 0.378 e. The van der Waals surface area contributed by atoms with Crippen LogP contribution in [-0.2, 0) is 11.2 Å². The third-order valence-corrected chi connectivity index (χ3v) is 4.04. The van der Waals surface area contributed by atoms with Crippen LogP contribution in [0.15, 0.2) is 5.38 Å². The molecule has 0 aromatic carbocycles. The topological polar surface area (TPSA) is 60.2 Å². The average Bonchev–Trinajstić information content (AvgIpc) is 2.96. The van der Waals surface area contributed by atoms with Crippen LogP contribution in [0, 0.1) is 6.92 Å². The zero-order chi connectivity index (χ0) is 12.1. The van der Waals surface area contributed by atoms with E-state index in [1.807, 2.05) is 6.92 Å². The molecule has 1 fully saturated rings. The van der Waals surface area contributed by atoms with Crippen LogP contribution in [0.2, 0.25) is 0 Å². The number of thiazole rings is 1. The van der Waals surface area contributed by atoms with Crippen molar-refractivity contribution in [2.45, 2.75) is 51.2 Å². The maximum absolute atomic E-state index is 5.62. The van der Waals surface area contributed by atoms with E-state index in [-0.39, 0.29) is 0 Å². The van der Waals surface area contributed by atoms with Crippen LogP contribution in [0.5, 0.6) is 0 Å². The number of nitrogens with one attached hydrogen (secondary N) is 1. The third-order valence-electron chi connectivity index (χ3n) is 3.22. The first-order valence-corrected chi connectivity index (χ1v) is 7.14. The van der Waals surface area contributed by atoms with E-state index in [1.165, 1.54) is 12.8 Å². The van der Waals surface area contributed by atoms with Crippen LogP contribution in [0.4, 0.5) is 0 Å². The molecule has 3 N–H and O–H groups in total. The van der Waals surface area contributed by atoms with Crippen LogP contribution < -0.4 is 11.3 Å². The van der Waals surface area contributed by atoms with Crippen molar-refractivity contribution in [3.05, 3.63) is 16.1 Å². The molecule has 0 saturated carbocycles. The molecule has 0 amide bonds. The molecule has 96 valence electrons. The van der Waals surface area contributed by atoms with Gasteiger partial charge in [-0.1, -0.05) is 0 Å². The monoisotopic (exact) mass is 255 g/mol. The summed E-state index contributed by atoms with van der Waals surface area (Å²) in [4.78, 5) is 4.47. The van der Waals surface area contributed by atoms with Crippen molar-refractivity contribution in [3.8, 4) is 0 Å². The predicted octanol–water partition coefficient (Wildman–Crippen LogP) is 1.79. The number of hydrogen-bond donors (Lipinski definition) is 2. The molecule has 17 heavy (non-hydrogen) atoms. The highest BCUT2D eigenvalue weighted by Crippen LogP contribution is 2.19. The van der Waals surface area contributed by atoms with Gasteiger partial charge in [-0.2, -0.15) is 0 Å². The highest BCUT2D eigenvalue weighted by atomic mass is 32.1. The molecule has 0 radical (unpaired) electrons. The number of aryl methyl sites for hydroxylation is 1. The van der Waals surface area contributed by atoms with Crippen LogP contribution in [0.3, 0.4) is 0 Å². The molecule has 1 saturated heterocycles. The van der Waals surface area contributed by atoms with Crippen molar-refractivity contribution >= 4 is 11.3 Å². The molecule has 1 aliphatic rings. The second kappa shape index (κ2) is 6.44. The highest BCUT2D eigenvalue weighted by molar-refractivity contribution is 7.09. The lowest BCUT2D eigenvalue weighted by Gasteiger charge is -2.16. The molecule has 0 spiro atoms. The molecule has 1 aromatic heterocycles. The van der Waals surface area contributed by atoms with Gasteiger partial charge in [-0.25, -0.2) is 4.98 Å². The van der Waals surface area contributed by atoms with Crippen molar-refractivity contribution in [3.63, 3.8) is 0 Å². The maximum atomic E-state index is 5.62. The van der Waals surface area contributed by atoms with Gasteiger partial charge < -0.3 is 4.74 Å². The van der Waals surface area contributed by atoms with Gasteiger partial charge in [0.1, 0.15) is 0 Å². The van der Waals surface area contributed by atoms with Gasteiger partial charge in [0.25, 0.3) is 0 Å². The predicted molar refractivity (Wildman–Crippen MR) is 69.9 cm³/mol. The average molecular weight is 255 g/mol. The normalized spacial score (nSPS) is 21.9. The molecule has 4 nitrogen and oxygen atoms in total. The van der Waals surface area contributed by atoms with Crippen LogP contribution in [-0.4, -0.2) is 23.7 Å². The summed E-state index contributed by atoms with van der Waals surface area (Å²) in [5.74, 6) is 5.60. The molecule has 0 aliphatic carbocycles. The first-order valence-electron chi connectivity index (χ1n) is 6.26. The lowest BCUT2D eigenvalue weighted by atomic mass is 10.0. The number of aromatic nitrogens is 1. The second-order valence-electron chi connectivity index (χ2n) is 4.64. The SMILES string of the molecule is Cc1nc(CC(CCC2CCCO2)NN)cs1. The number of nitrogens with zero attached hydrogens (tertiary/aromatic N) is 1. The smallest absolute Gasteiger partial charge is 0.0897 e. The minimum atomic E-state index is 0.306. The molecule has 5 heteroatoms. The van der Waals surface area contributed by atoms with Gasteiger partial charge in [0, 0.05) is 24.4 Å². The number of nitrogens with two attached hydrogens (primary N) is 1. The lowest BCUT2D eigenvalue weighted by Crippen LogP contribution is -2.37. The zero-order valence-corrected chi connectivity index (χ0v) is 11.1. The van der Waals surface area contributed by atoms with Gasteiger partial charge >= 0.3 is 0 Å². The summed E-state index contributed by atoms with van der Waals surface area (Å²) < 4.78 is 5.62. The molecular weight excluding hydrogens is 234 g/mol. The van der Waals surface area contributed by atoms with E-state index in [0.29, 0.717) is 12.1 Å². The molecule has 1 aromatic rings. The maximum Gasteiger partial charge on any atom is 0.0897 e. The van der Waals surface area contributed by atoms with Crippen molar-refractivity contribution in [2.24, 2.45) is 5.84 Å². The van der Waals surface area contributed by atoms with Crippen molar-refractivity contribution in [2.75, 3.05) is 6.61 Å². The Bertz CT molecular complexity index is 336. The van der Waals surface area contributed by atoms with Gasteiger partial charge in [0.05, 0.1) is 16.8 Å². The lowest BCUT2D eigenvalue weighted by molar-refractivity contribution is 0.0995. The van der Waals surface area contributed by atoms with Crippen molar-refractivity contribution < 1.29 is 4.74 Å². The number of ether oxygens (including phenoxy) is 1. The quantitative estimate of drug-likeness (QED) is 0.601. The Hall–Kier alpha value is -0.490. The van der Waals surface area contributed by atoms with E-state index < -0.39 is 0 Å². The summed E-state index contributed by atoms with van der Waals surface area (Å²) in [6.07, 6.45) is 5.91. The summed E-state index contributed by atoms with van der Waals surface area (Å²) in [6.45, 7) is 2.96. The van der Waals surface area contributed by atoms with E-state index in [2.05, 4.69) is 15.8 Å². The fourth-order valence-electron chi connectivity index (χ4n) is 2.26. The Morgan fingerprint density at radius 1 is 1.71 bits per heavy atom. The van der Waals surface area contributed by atoms with Crippen LogP contribution in [0.1, 0.15) is 36.4 Å². The van der Waals surface area contributed by atoms with Gasteiger partial charge in [-0.3, -0.25) is 11.3 Å². The summed E-state index contributed by atoms with van der Waals surface area (Å²) in [6, 6.07) is 0.306. The first-order chi connectivity index (χ1) is 8.28. The van der Waals surface area contributed by atoms with Crippen LogP contribution >= 0.6 is 11.3 Å². The van der Waals surface area contributed by atoms with Crippen molar-refractivity contribution in [1.82, 2.24) is 10.4 Å². The van der Waals surface area contributed by atoms with Gasteiger partial charge in [-0.15, -0.1) is 11.3 Å². The Kier molecular flexibility index (Phi) is 4.91. The number of rotatable bonds is 6. The molecule has 2 unspecified atom stereocenters. The summed E-state index contributed by atoms with van der Waals surface area (Å²) in [7, 11) is 0.